The van der Waals surface area contributed by atoms with Crippen LogP contribution in [0, 0.1) is 40.4 Å². The predicted molar refractivity (Wildman–Crippen MR) is 241 cm³/mol. The lowest BCUT2D eigenvalue weighted by Gasteiger charge is -2.70. The standard InChI is InChI=1S/C52H92O10/c1-33-19-15-22-36(43(33)55)51(61-41-27-16-20-34(2)44(41)56,47(35-21-9-10-24-38(35)53)60-40-26-12-11-25-39(40)54)52(50(59)31-13-7-8-14-32-50,37-23-17-29-48(3,4)45(37)57)62-42-28-18-30-49(5,6)46(42)58/h33-47,53-59H,7-32H2,1-6H3. The Labute approximate surface area is 375 Å². The first-order valence-corrected chi connectivity index (χ1v) is 26.2. The molecule has 0 aromatic rings. The highest BCUT2D eigenvalue weighted by Gasteiger charge is 2.78. The molecule has 0 saturated heterocycles. The summed E-state index contributed by atoms with van der Waals surface area (Å²) in [6, 6.07) is 0. The van der Waals surface area contributed by atoms with Crippen molar-refractivity contribution < 1.29 is 50.0 Å². The molecule has 0 aromatic heterocycles. The van der Waals surface area contributed by atoms with Gasteiger partial charge in [0.1, 0.15) is 11.2 Å². The van der Waals surface area contributed by atoms with Crippen LogP contribution >= 0.6 is 0 Å². The van der Waals surface area contributed by atoms with E-state index >= 15 is 0 Å². The second-order valence-electron chi connectivity index (χ2n) is 23.9. The Hall–Kier alpha value is -0.400. The fourth-order valence-corrected chi connectivity index (χ4v) is 14.9. The van der Waals surface area contributed by atoms with E-state index in [9.17, 15) is 35.7 Å². The second kappa shape index (κ2) is 20.1. The Kier molecular flexibility index (Phi) is 16.0. The normalized spacial score (nSPS) is 44.3. The number of ether oxygens (including phenoxy) is 3. The molecule has 7 aliphatic rings. The number of aliphatic hydroxyl groups excluding tert-OH is 6. The lowest BCUT2D eigenvalue weighted by molar-refractivity contribution is -0.406. The average Bonchev–Trinajstić information content (AvgIpc) is 3.47. The second-order valence-corrected chi connectivity index (χ2v) is 23.9. The third kappa shape index (κ3) is 9.27. The molecular weight excluding hydrogens is 785 g/mol. The maximum absolute atomic E-state index is 14.7. The van der Waals surface area contributed by atoms with Crippen molar-refractivity contribution in [3.63, 3.8) is 0 Å². The van der Waals surface area contributed by atoms with E-state index in [1.807, 2.05) is 0 Å². The van der Waals surface area contributed by atoms with Crippen LogP contribution in [0.5, 0.6) is 0 Å². The van der Waals surface area contributed by atoms with E-state index in [4.69, 9.17) is 14.2 Å². The van der Waals surface area contributed by atoms with Gasteiger partial charge in [-0.25, -0.2) is 0 Å². The third-order valence-electron chi connectivity index (χ3n) is 18.8. The summed E-state index contributed by atoms with van der Waals surface area (Å²) in [5.74, 6) is -2.15. The molecule has 10 heteroatoms. The van der Waals surface area contributed by atoms with Crippen molar-refractivity contribution in [1.29, 1.82) is 0 Å². The van der Waals surface area contributed by atoms with Gasteiger partial charge in [0.2, 0.25) is 0 Å². The predicted octanol–water partition coefficient (Wildman–Crippen LogP) is 8.30. The lowest BCUT2D eigenvalue weighted by Crippen LogP contribution is -2.84. The van der Waals surface area contributed by atoms with Crippen molar-refractivity contribution in [3.05, 3.63) is 0 Å². The van der Waals surface area contributed by atoms with Gasteiger partial charge in [0.25, 0.3) is 0 Å². The molecule has 0 radical (unpaired) electrons. The monoisotopic (exact) mass is 877 g/mol. The van der Waals surface area contributed by atoms with Gasteiger partial charge in [0.05, 0.1) is 66.6 Å². The molecule has 62 heavy (non-hydrogen) atoms. The minimum Gasteiger partial charge on any atom is -0.393 e. The number of rotatable bonds is 12. The van der Waals surface area contributed by atoms with Gasteiger partial charge in [-0.1, -0.05) is 119 Å². The van der Waals surface area contributed by atoms with Gasteiger partial charge in [-0.2, -0.15) is 0 Å². The van der Waals surface area contributed by atoms with E-state index in [2.05, 4.69) is 41.5 Å². The van der Waals surface area contributed by atoms with Crippen LogP contribution < -0.4 is 0 Å². The molecule has 360 valence electrons. The molecule has 0 aromatic carbocycles. The van der Waals surface area contributed by atoms with Crippen LogP contribution in [0.15, 0.2) is 0 Å². The number of hydrogen-bond donors (Lipinski definition) is 7. The van der Waals surface area contributed by atoms with Gasteiger partial charge >= 0.3 is 0 Å². The maximum Gasteiger partial charge on any atom is 0.134 e. The van der Waals surface area contributed by atoms with Gasteiger partial charge in [0.15, 0.2) is 0 Å². The summed E-state index contributed by atoms with van der Waals surface area (Å²) in [6.07, 6.45) is 10.3. The first-order valence-electron chi connectivity index (χ1n) is 26.2. The highest BCUT2D eigenvalue weighted by Crippen LogP contribution is 2.64. The fourth-order valence-electron chi connectivity index (χ4n) is 14.9. The summed E-state index contributed by atoms with van der Waals surface area (Å²) in [6.45, 7) is 12.6. The highest BCUT2D eigenvalue weighted by molar-refractivity contribution is 5.27. The summed E-state index contributed by atoms with van der Waals surface area (Å²) in [4.78, 5) is 0. The first kappa shape index (κ1) is 49.5. The zero-order valence-electron chi connectivity index (χ0n) is 39.9. The largest absolute Gasteiger partial charge is 0.393 e. The Balaban J connectivity index is 1.65. The molecule has 17 unspecified atom stereocenters. The zero-order valence-corrected chi connectivity index (χ0v) is 39.9. The zero-order chi connectivity index (χ0) is 44.7. The lowest BCUT2D eigenvalue weighted by atomic mass is 9.47. The minimum absolute atomic E-state index is 0.0714. The Morgan fingerprint density at radius 2 is 1.00 bits per heavy atom. The molecule has 0 spiro atoms. The van der Waals surface area contributed by atoms with Gasteiger partial charge in [-0.15, -0.1) is 0 Å². The van der Waals surface area contributed by atoms with Crippen LogP contribution in [0.2, 0.25) is 0 Å². The van der Waals surface area contributed by atoms with Crippen LogP contribution in [0.1, 0.15) is 208 Å². The SMILES string of the molecule is CC1CCCC(OC(C2CCCC(C)C2O)(C(OC2CCCCC2O)C2CCCCC2O)C(OC2CCCC(C)(C)C2O)(C2CCCC(C)(C)C2O)C2(O)CCCCCC2)C1O. The summed E-state index contributed by atoms with van der Waals surface area (Å²) in [7, 11) is 0. The third-order valence-corrected chi connectivity index (χ3v) is 18.8. The first-order chi connectivity index (χ1) is 29.4. The molecule has 7 fully saturated rings. The van der Waals surface area contributed by atoms with E-state index in [1.165, 1.54) is 0 Å². The molecule has 7 aliphatic carbocycles. The Bertz CT molecular complexity index is 1420. The summed E-state index contributed by atoms with van der Waals surface area (Å²) in [5.41, 5.74) is -6.27. The van der Waals surface area contributed by atoms with Crippen LogP contribution in [0.4, 0.5) is 0 Å². The van der Waals surface area contributed by atoms with E-state index < -0.39 is 106 Å². The molecule has 10 nitrogen and oxygen atoms in total. The molecule has 17 atom stereocenters. The summed E-state index contributed by atoms with van der Waals surface area (Å²) >= 11 is 0. The molecule has 7 rings (SSSR count). The van der Waals surface area contributed by atoms with Gasteiger partial charge in [0, 0.05) is 17.8 Å². The van der Waals surface area contributed by atoms with E-state index in [0.29, 0.717) is 64.2 Å². The van der Waals surface area contributed by atoms with Crippen molar-refractivity contribution in [2.75, 3.05) is 0 Å². The highest BCUT2D eigenvalue weighted by atomic mass is 16.6. The number of aliphatic hydroxyl groups is 7. The molecule has 0 aliphatic heterocycles. The van der Waals surface area contributed by atoms with Crippen molar-refractivity contribution >= 4 is 0 Å². The van der Waals surface area contributed by atoms with Gasteiger partial charge in [-0.05, 0) is 113 Å². The topological polar surface area (TPSA) is 169 Å². The van der Waals surface area contributed by atoms with Crippen molar-refractivity contribution in [1.82, 2.24) is 0 Å². The van der Waals surface area contributed by atoms with Gasteiger partial charge in [-0.3, -0.25) is 0 Å². The smallest absolute Gasteiger partial charge is 0.134 e. The van der Waals surface area contributed by atoms with Crippen LogP contribution in [-0.2, 0) is 14.2 Å². The van der Waals surface area contributed by atoms with Crippen molar-refractivity contribution in [2.45, 2.75) is 286 Å². The molecule has 0 bridgehead atoms. The molecule has 0 amide bonds. The summed E-state index contributed by atoms with van der Waals surface area (Å²) in [5, 5.41) is 90.9. The molecule has 7 saturated carbocycles. The van der Waals surface area contributed by atoms with E-state index in [0.717, 1.165) is 103 Å². The minimum atomic E-state index is -1.80. The molecular formula is C52H92O10. The quantitative estimate of drug-likeness (QED) is 0.0948. The molecule has 0 heterocycles. The van der Waals surface area contributed by atoms with E-state index in [-0.39, 0.29) is 11.8 Å². The Morgan fingerprint density at radius 1 is 0.468 bits per heavy atom. The van der Waals surface area contributed by atoms with Crippen LogP contribution in [-0.4, -0.2) is 114 Å². The van der Waals surface area contributed by atoms with Crippen LogP contribution in [0.3, 0.4) is 0 Å². The Morgan fingerprint density at radius 3 is 1.66 bits per heavy atom. The maximum atomic E-state index is 14.7. The molecule has 7 N–H and O–H groups in total. The van der Waals surface area contributed by atoms with Crippen molar-refractivity contribution in [2.24, 2.45) is 40.4 Å². The fraction of sp³-hybridized carbons (Fsp3) is 1.00. The number of hydrogen-bond acceptors (Lipinski definition) is 10. The van der Waals surface area contributed by atoms with Crippen molar-refractivity contribution in [3.8, 4) is 0 Å². The van der Waals surface area contributed by atoms with Crippen LogP contribution in [0.25, 0.3) is 0 Å². The van der Waals surface area contributed by atoms with Gasteiger partial charge < -0.3 is 50.0 Å². The van der Waals surface area contributed by atoms with E-state index in [1.54, 1.807) is 0 Å². The summed E-state index contributed by atoms with van der Waals surface area (Å²) < 4.78 is 24.3. The average molecular weight is 877 g/mol.